The van der Waals surface area contributed by atoms with Gasteiger partial charge in [-0.1, -0.05) is 18.7 Å². The van der Waals surface area contributed by atoms with Crippen LogP contribution < -0.4 is 9.47 Å². The van der Waals surface area contributed by atoms with Gasteiger partial charge in [0, 0.05) is 5.57 Å². The van der Waals surface area contributed by atoms with Crippen molar-refractivity contribution < 1.29 is 19.0 Å². The zero-order chi connectivity index (χ0) is 19.3. The molecule has 136 valence electrons. The van der Waals surface area contributed by atoms with Crippen LogP contribution in [-0.4, -0.2) is 5.97 Å². The van der Waals surface area contributed by atoms with Crippen molar-refractivity contribution in [2.75, 3.05) is 0 Å². The molecule has 0 N–H and O–H groups in total. The molecule has 0 aliphatic heterocycles. The molecule has 0 aromatic heterocycles. The number of carbonyl (C=O) groups is 1. The standard InChI is InChI=1S/C22H24O4/c1-7-15(4)24-20-10-8-19-13-21(11-9-18(19)12-20)25-16(5)17(6)26-22(23)14(2)3/h7-13H,2H2,1,3-6H3/b15-7-,17-16+. The van der Waals surface area contributed by atoms with E-state index in [2.05, 4.69) is 6.58 Å². The lowest BCUT2D eigenvalue weighted by Crippen LogP contribution is -2.06. The molecule has 0 atom stereocenters. The number of hydrogen-bond donors (Lipinski definition) is 0. The minimum Gasteiger partial charge on any atom is -0.462 e. The van der Waals surface area contributed by atoms with E-state index < -0.39 is 5.97 Å². The second kappa shape index (κ2) is 8.39. The third kappa shape index (κ3) is 4.99. The summed E-state index contributed by atoms with van der Waals surface area (Å²) >= 11 is 0. The van der Waals surface area contributed by atoms with Gasteiger partial charge in [0.1, 0.15) is 23.0 Å². The predicted octanol–water partition coefficient (Wildman–Crippen LogP) is 5.89. The maximum Gasteiger partial charge on any atom is 0.338 e. The third-order valence-corrected chi connectivity index (χ3v) is 3.83. The first kappa shape index (κ1) is 19.3. The number of hydrogen-bond acceptors (Lipinski definition) is 4. The van der Waals surface area contributed by atoms with E-state index in [-0.39, 0.29) is 0 Å². The predicted molar refractivity (Wildman–Crippen MR) is 104 cm³/mol. The van der Waals surface area contributed by atoms with E-state index in [1.807, 2.05) is 56.3 Å². The van der Waals surface area contributed by atoms with Gasteiger partial charge in [-0.15, -0.1) is 0 Å². The molecule has 4 heteroatoms. The fourth-order valence-electron chi connectivity index (χ4n) is 2.12. The zero-order valence-electron chi connectivity index (χ0n) is 15.9. The van der Waals surface area contributed by atoms with Crippen LogP contribution in [0, 0.1) is 0 Å². The number of esters is 1. The van der Waals surface area contributed by atoms with E-state index in [4.69, 9.17) is 14.2 Å². The van der Waals surface area contributed by atoms with Crippen LogP contribution in [0.3, 0.4) is 0 Å². The van der Waals surface area contributed by atoms with Crippen LogP contribution in [0.15, 0.2) is 71.9 Å². The van der Waals surface area contributed by atoms with E-state index in [1.54, 1.807) is 20.8 Å². The summed E-state index contributed by atoms with van der Waals surface area (Å²) in [5.41, 5.74) is 0.342. The van der Waals surface area contributed by atoms with Crippen LogP contribution in [-0.2, 0) is 9.53 Å². The van der Waals surface area contributed by atoms with Gasteiger partial charge >= 0.3 is 5.97 Å². The lowest BCUT2D eigenvalue weighted by molar-refractivity contribution is -0.135. The number of ether oxygens (including phenoxy) is 3. The second-order valence-electron chi connectivity index (χ2n) is 6.06. The molecule has 0 bridgehead atoms. The van der Waals surface area contributed by atoms with Gasteiger partial charge in [0.05, 0.1) is 5.76 Å². The van der Waals surface area contributed by atoms with E-state index in [9.17, 15) is 4.79 Å². The van der Waals surface area contributed by atoms with E-state index in [1.165, 1.54) is 0 Å². The molecule has 0 radical (unpaired) electrons. The third-order valence-electron chi connectivity index (χ3n) is 3.83. The molecule has 26 heavy (non-hydrogen) atoms. The summed E-state index contributed by atoms with van der Waals surface area (Å²) in [5, 5.41) is 2.07. The molecule has 4 nitrogen and oxygen atoms in total. The summed E-state index contributed by atoms with van der Waals surface area (Å²) in [7, 11) is 0. The highest BCUT2D eigenvalue weighted by molar-refractivity contribution is 5.87. The lowest BCUT2D eigenvalue weighted by Gasteiger charge is -2.12. The largest absolute Gasteiger partial charge is 0.462 e. The molecule has 0 heterocycles. The highest BCUT2D eigenvalue weighted by Gasteiger charge is 2.09. The Balaban J connectivity index is 2.19. The summed E-state index contributed by atoms with van der Waals surface area (Å²) in [6.07, 6.45) is 1.92. The lowest BCUT2D eigenvalue weighted by atomic mass is 10.1. The Kier molecular flexibility index (Phi) is 6.23. The van der Waals surface area contributed by atoms with Gasteiger partial charge in [0.2, 0.25) is 0 Å². The van der Waals surface area contributed by atoms with Crippen LogP contribution in [0.1, 0.15) is 34.6 Å². The number of benzene rings is 2. The van der Waals surface area contributed by atoms with Crippen LogP contribution in [0.5, 0.6) is 11.5 Å². The van der Waals surface area contributed by atoms with Crippen LogP contribution in [0.2, 0.25) is 0 Å². The number of rotatable bonds is 6. The maximum atomic E-state index is 11.6. The fourth-order valence-corrected chi connectivity index (χ4v) is 2.12. The number of allylic oxidation sites excluding steroid dienone is 4. The zero-order valence-corrected chi connectivity index (χ0v) is 15.9. The van der Waals surface area contributed by atoms with Crippen molar-refractivity contribution in [3.8, 4) is 11.5 Å². The molecule has 0 aliphatic carbocycles. The first-order valence-corrected chi connectivity index (χ1v) is 8.37. The molecule has 0 unspecified atom stereocenters. The van der Waals surface area contributed by atoms with Gasteiger partial charge in [0.15, 0.2) is 0 Å². The average molecular weight is 352 g/mol. The molecular formula is C22H24O4. The van der Waals surface area contributed by atoms with Gasteiger partial charge in [-0.25, -0.2) is 4.79 Å². The van der Waals surface area contributed by atoms with Crippen molar-refractivity contribution in [1.82, 2.24) is 0 Å². The smallest absolute Gasteiger partial charge is 0.338 e. The van der Waals surface area contributed by atoms with Crippen molar-refractivity contribution >= 4 is 16.7 Å². The highest BCUT2D eigenvalue weighted by Crippen LogP contribution is 2.27. The normalized spacial score (nSPS) is 12.4. The minimum absolute atomic E-state index is 0.342. The number of fused-ring (bicyclic) bond motifs is 1. The molecule has 0 spiro atoms. The van der Waals surface area contributed by atoms with Crippen molar-refractivity contribution in [3.63, 3.8) is 0 Å². The van der Waals surface area contributed by atoms with Crippen molar-refractivity contribution in [2.45, 2.75) is 34.6 Å². The summed E-state index contributed by atoms with van der Waals surface area (Å²) < 4.78 is 16.7. The monoisotopic (exact) mass is 352 g/mol. The van der Waals surface area contributed by atoms with Crippen molar-refractivity contribution in [2.24, 2.45) is 0 Å². The SMILES string of the molecule is C=C(C)C(=O)O/C(C)=C(\C)Oc1ccc2cc(O/C(C)=C\C)ccc2c1. The van der Waals surface area contributed by atoms with Gasteiger partial charge in [-0.3, -0.25) is 0 Å². The Morgan fingerprint density at radius 2 is 1.42 bits per heavy atom. The molecule has 0 amide bonds. The van der Waals surface area contributed by atoms with E-state index >= 15 is 0 Å². The van der Waals surface area contributed by atoms with Gasteiger partial charge in [-0.05, 0) is 75.7 Å². The molecule has 0 saturated carbocycles. The van der Waals surface area contributed by atoms with Gasteiger partial charge in [0.25, 0.3) is 0 Å². The van der Waals surface area contributed by atoms with Gasteiger partial charge in [-0.2, -0.15) is 0 Å². The Morgan fingerprint density at radius 3 is 1.92 bits per heavy atom. The molecular weight excluding hydrogens is 328 g/mol. The Labute approximate surface area is 154 Å². The van der Waals surface area contributed by atoms with Crippen molar-refractivity contribution in [1.29, 1.82) is 0 Å². The quantitative estimate of drug-likeness (QED) is 0.369. The molecule has 2 aromatic carbocycles. The van der Waals surface area contributed by atoms with E-state index in [0.29, 0.717) is 22.8 Å². The fraction of sp³-hybridized carbons (Fsp3) is 0.227. The van der Waals surface area contributed by atoms with Gasteiger partial charge < -0.3 is 14.2 Å². The van der Waals surface area contributed by atoms with Crippen LogP contribution >= 0.6 is 0 Å². The summed E-state index contributed by atoms with van der Waals surface area (Å²) in [6.45, 7) is 12.5. The average Bonchev–Trinajstić information content (AvgIpc) is 2.61. The summed E-state index contributed by atoms with van der Waals surface area (Å²) in [4.78, 5) is 11.6. The summed E-state index contributed by atoms with van der Waals surface area (Å²) in [6, 6.07) is 11.6. The molecule has 0 fully saturated rings. The van der Waals surface area contributed by atoms with Crippen molar-refractivity contribution in [3.05, 3.63) is 71.9 Å². The minimum atomic E-state index is -0.465. The molecule has 2 rings (SSSR count). The first-order valence-electron chi connectivity index (χ1n) is 8.37. The summed E-state index contributed by atoms with van der Waals surface area (Å²) in [5.74, 6) is 2.77. The van der Waals surface area contributed by atoms with Crippen LogP contribution in [0.25, 0.3) is 10.8 Å². The Morgan fingerprint density at radius 1 is 0.885 bits per heavy atom. The highest BCUT2D eigenvalue weighted by atomic mass is 16.6. The molecule has 2 aromatic rings. The van der Waals surface area contributed by atoms with Crippen LogP contribution in [0.4, 0.5) is 0 Å². The Hall–Kier alpha value is -3.01. The number of carbonyl (C=O) groups excluding carboxylic acids is 1. The van der Waals surface area contributed by atoms with E-state index in [0.717, 1.165) is 22.3 Å². The molecule has 0 saturated heterocycles. The Bertz CT molecular complexity index is 903. The second-order valence-corrected chi connectivity index (χ2v) is 6.06. The topological polar surface area (TPSA) is 44.8 Å². The maximum absolute atomic E-state index is 11.6. The first-order chi connectivity index (χ1) is 12.3. The molecule has 0 aliphatic rings.